The molecule has 0 aromatic heterocycles. The van der Waals surface area contributed by atoms with Gasteiger partial charge < -0.3 is 20.3 Å². The fourth-order valence-corrected chi connectivity index (χ4v) is 4.20. The maximum atomic E-state index is 5.36. The standard InChI is InChI=1S/C19H34N4O.HI/c1-20-19(21-10-6-16-8-12-24-13-9-16)22-18-7-11-23(15-18)14-17-4-2-3-5-17;/h8,17-18H,2-7,9-15H2,1H3,(H2,20,21,22);1H. The molecule has 25 heavy (non-hydrogen) atoms. The predicted molar refractivity (Wildman–Crippen MR) is 115 cm³/mol. The van der Waals surface area contributed by atoms with Crippen LogP contribution in [0.2, 0.25) is 0 Å². The maximum Gasteiger partial charge on any atom is 0.191 e. The second-order valence-corrected chi connectivity index (χ2v) is 7.48. The summed E-state index contributed by atoms with van der Waals surface area (Å²) in [7, 11) is 1.87. The number of nitrogens with one attached hydrogen (secondary N) is 2. The predicted octanol–water partition coefficient (Wildman–Crippen LogP) is 2.77. The van der Waals surface area contributed by atoms with E-state index in [1.54, 1.807) is 0 Å². The summed E-state index contributed by atoms with van der Waals surface area (Å²) in [6, 6.07) is 0.542. The van der Waals surface area contributed by atoms with Gasteiger partial charge in [0.15, 0.2) is 5.96 Å². The van der Waals surface area contributed by atoms with E-state index in [0.717, 1.165) is 44.5 Å². The van der Waals surface area contributed by atoms with Crippen LogP contribution < -0.4 is 10.6 Å². The Morgan fingerprint density at radius 3 is 2.88 bits per heavy atom. The molecule has 2 heterocycles. The first kappa shape index (κ1) is 21.0. The molecule has 1 atom stereocenters. The van der Waals surface area contributed by atoms with Crippen molar-refractivity contribution in [2.45, 2.75) is 51.0 Å². The SMILES string of the molecule is CN=C(NCCC1=CCOCC1)NC1CCN(CC2CCCC2)C1.I. The van der Waals surface area contributed by atoms with E-state index in [0.29, 0.717) is 6.04 Å². The van der Waals surface area contributed by atoms with Crippen LogP contribution >= 0.6 is 24.0 Å². The second kappa shape index (κ2) is 11.4. The number of nitrogens with zero attached hydrogens (tertiary/aromatic N) is 2. The molecular formula is C19H35IN4O. The van der Waals surface area contributed by atoms with E-state index in [1.165, 1.54) is 57.3 Å². The summed E-state index contributed by atoms with van der Waals surface area (Å²) in [5.41, 5.74) is 1.51. The number of hydrogen-bond donors (Lipinski definition) is 2. The second-order valence-electron chi connectivity index (χ2n) is 7.48. The Kier molecular flexibility index (Phi) is 9.55. The van der Waals surface area contributed by atoms with E-state index >= 15 is 0 Å². The quantitative estimate of drug-likeness (QED) is 0.276. The van der Waals surface area contributed by atoms with Crippen LogP contribution in [0.1, 0.15) is 44.9 Å². The molecular weight excluding hydrogens is 427 g/mol. The number of aliphatic imine (C=N–C) groups is 1. The molecule has 6 heteroatoms. The van der Waals surface area contributed by atoms with Gasteiger partial charge in [0.1, 0.15) is 0 Å². The van der Waals surface area contributed by atoms with Crippen LogP contribution in [-0.4, -0.2) is 63.3 Å². The van der Waals surface area contributed by atoms with Crippen LogP contribution in [0, 0.1) is 5.92 Å². The number of guanidine groups is 1. The van der Waals surface area contributed by atoms with Crippen molar-refractivity contribution in [1.29, 1.82) is 0 Å². The van der Waals surface area contributed by atoms with E-state index in [9.17, 15) is 0 Å². The van der Waals surface area contributed by atoms with Gasteiger partial charge in [-0.05, 0) is 38.0 Å². The summed E-state index contributed by atoms with van der Waals surface area (Å²) in [6.45, 7) is 6.31. The lowest BCUT2D eigenvalue weighted by molar-refractivity contribution is 0.153. The third kappa shape index (κ3) is 7.06. The molecule has 144 valence electrons. The summed E-state index contributed by atoms with van der Waals surface area (Å²) in [5, 5.41) is 7.08. The average molecular weight is 462 g/mol. The largest absolute Gasteiger partial charge is 0.377 e. The number of rotatable bonds is 6. The summed E-state index contributed by atoms with van der Waals surface area (Å²) in [5.74, 6) is 1.91. The fraction of sp³-hybridized carbons (Fsp3) is 0.842. The van der Waals surface area contributed by atoms with E-state index in [4.69, 9.17) is 4.74 Å². The van der Waals surface area contributed by atoms with Gasteiger partial charge in [-0.1, -0.05) is 24.5 Å². The summed E-state index contributed by atoms with van der Waals surface area (Å²) in [6.07, 6.45) is 11.4. The smallest absolute Gasteiger partial charge is 0.191 e. The Hall–Kier alpha value is -0.340. The first-order valence-corrected chi connectivity index (χ1v) is 9.78. The third-order valence-corrected chi connectivity index (χ3v) is 5.62. The van der Waals surface area contributed by atoms with E-state index in [-0.39, 0.29) is 24.0 Å². The van der Waals surface area contributed by atoms with Gasteiger partial charge in [0.25, 0.3) is 0 Å². The van der Waals surface area contributed by atoms with Crippen molar-refractivity contribution in [3.8, 4) is 0 Å². The van der Waals surface area contributed by atoms with Crippen molar-refractivity contribution < 1.29 is 4.74 Å². The van der Waals surface area contributed by atoms with Crippen LogP contribution in [0.25, 0.3) is 0 Å². The normalized spacial score (nSPS) is 25.6. The maximum absolute atomic E-state index is 5.36. The topological polar surface area (TPSA) is 48.9 Å². The van der Waals surface area contributed by atoms with Crippen LogP contribution in [-0.2, 0) is 4.74 Å². The van der Waals surface area contributed by atoms with E-state index in [2.05, 4.69) is 26.6 Å². The monoisotopic (exact) mass is 462 g/mol. The van der Waals surface area contributed by atoms with Crippen LogP contribution in [0.15, 0.2) is 16.6 Å². The summed E-state index contributed by atoms with van der Waals surface area (Å²) in [4.78, 5) is 7.04. The first-order chi connectivity index (χ1) is 11.8. The number of ether oxygens (including phenoxy) is 1. The zero-order chi connectivity index (χ0) is 16.6. The van der Waals surface area contributed by atoms with Gasteiger partial charge in [-0.2, -0.15) is 0 Å². The average Bonchev–Trinajstić information content (AvgIpc) is 3.27. The minimum absolute atomic E-state index is 0. The molecule has 2 fully saturated rings. The highest BCUT2D eigenvalue weighted by Gasteiger charge is 2.26. The molecule has 0 aromatic rings. The molecule has 0 radical (unpaired) electrons. The highest BCUT2D eigenvalue weighted by atomic mass is 127. The van der Waals surface area contributed by atoms with Crippen LogP contribution in [0.3, 0.4) is 0 Å². The van der Waals surface area contributed by atoms with E-state index in [1.807, 2.05) is 7.05 Å². The van der Waals surface area contributed by atoms with Crippen molar-refractivity contribution in [2.75, 3.05) is 46.4 Å². The molecule has 1 aliphatic carbocycles. The van der Waals surface area contributed by atoms with Crippen molar-refractivity contribution in [3.05, 3.63) is 11.6 Å². The van der Waals surface area contributed by atoms with Gasteiger partial charge in [-0.3, -0.25) is 4.99 Å². The van der Waals surface area contributed by atoms with Crippen molar-refractivity contribution in [3.63, 3.8) is 0 Å². The first-order valence-electron chi connectivity index (χ1n) is 9.78. The number of likely N-dealkylation sites (tertiary alicyclic amines) is 1. The molecule has 0 aromatic carbocycles. The summed E-state index contributed by atoms with van der Waals surface area (Å²) < 4.78 is 5.36. The summed E-state index contributed by atoms with van der Waals surface area (Å²) >= 11 is 0. The molecule has 0 spiro atoms. The highest BCUT2D eigenvalue weighted by Crippen LogP contribution is 2.26. The van der Waals surface area contributed by atoms with Gasteiger partial charge in [0, 0.05) is 39.3 Å². The molecule has 2 aliphatic heterocycles. The molecule has 1 unspecified atom stereocenters. The van der Waals surface area contributed by atoms with Crippen LogP contribution in [0.4, 0.5) is 0 Å². The molecule has 0 bridgehead atoms. The minimum Gasteiger partial charge on any atom is -0.377 e. The molecule has 1 saturated heterocycles. The molecule has 3 rings (SSSR count). The molecule has 0 amide bonds. The third-order valence-electron chi connectivity index (χ3n) is 5.62. The number of halogens is 1. The lowest BCUT2D eigenvalue weighted by Gasteiger charge is -2.21. The molecule has 2 N–H and O–H groups in total. The van der Waals surface area contributed by atoms with Crippen LogP contribution in [0.5, 0.6) is 0 Å². The van der Waals surface area contributed by atoms with Gasteiger partial charge >= 0.3 is 0 Å². The Labute approximate surface area is 170 Å². The fourth-order valence-electron chi connectivity index (χ4n) is 4.20. The Balaban J connectivity index is 0.00000225. The lowest BCUT2D eigenvalue weighted by atomic mass is 10.1. The van der Waals surface area contributed by atoms with Gasteiger partial charge in [-0.25, -0.2) is 0 Å². The molecule has 3 aliphatic rings. The Morgan fingerprint density at radius 2 is 2.16 bits per heavy atom. The van der Waals surface area contributed by atoms with E-state index < -0.39 is 0 Å². The Bertz CT molecular complexity index is 449. The van der Waals surface area contributed by atoms with Gasteiger partial charge in [0.2, 0.25) is 0 Å². The minimum atomic E-state index is 0. The van der Waals surface area contributed by atoms with Crippen molar-refractivity contribution >= 4 is 29.9 Å². The molecule has 1 saturated carbocycles. The number of hydrogen-bond acceptors (Lipinski definition) is 3. The van der Waals surface area contributed by atoms with Crippen molar-refractivity contribution in [2.24, 2.45) is 10.9 Å². The molecule has 5 nitrogen and oxygen atoms in total. The highest BCUT2D eigenvalue weighted by molar-refractivity contribution is 14.0. The lowest BCUT2D eigenvalue weighted by Crippen LogP contribution is -2.45. The van der Waals surface area contributed by atoms with Gasteiger partial charge in [0.05, 0.1) is 13.2 Å². The van der Waals surface area contributed by atoms with Crippen molar-refractivity contribution in [1.82, 2.24) is 15.5 Å². The zero-order valence-corrected chi connectivity index (χ0v) is 18.0. The Morgan fingerprint density at radius 1 is 1.32 bits per heavy atom. The van der Waals surface area contributed by atoms with Gasteiger partial charge in [-0.15, -0.1) is 24.0 Å². The zero-order valence-electron chi connectivity index (χ0n) is 15.6.